The van der Waals surface area contributed by atoms with Gasteiger partial charge in [0.15, 0.2) is 23.8 Å². The monoisotopic (exact) mass is 374 g/mol. The van der Waals surface area contributed by atoms with Crippen molar-refractivity contribution in [1.29, 1.82) is 0 Å². The number of hydrogen-bond acceptors (Lipinski definition) is 6. The molecule has 1 amide bonds. The number of benzene rings is 1. The van der Waals surface area contributed by atoms with Crippen molar-refractivity contribution in [2.75, 3.05) is 13.7 Å². The van der Waals surface area contributed by atoms with Crippen LogP contribution in [0.4, 0.5) is 0 Å². The Balaban J connectivity index is 1.57. The minimum Gasteiger partial charge on any atom is -0.493 e. The van der Waals surface area contributed by atoms with Gasteiger partial charge < -0.3 is 23.9 Å². The fourth-order valence-electron chi connectivity index (χ4n) is 3.13. The third kappa shape index (κ3) is 5.01. The topological polar surface area (TPSA) is 82.8 Å². The average Bonchev–Trinajstić information content (AvgIpc) is 3.09. The van der Waals surface area contributed by atoms with Crippen LogP contribution >= 0.6 is 0 Å². The molecule has 2 aromatic rings. The molecule has 3 rings (SSSR count). The molecule has 0 spiro atoms. The van der Waals surface area contributed by atoms with Crippen LogP contribution in [0.3, 0.4) is 0 Å². The van der Waals surface area contributed by atoms with E-state index in [1.54, 1.807) is 7.11 Å². The van der Waals surface area contributed by atoms with Crippen molar-refractivity contribution in [3.05, 3.63) is 41.6 Å². The number of aromatic nitrogens is 1. The Morgan fingerprint density at radius 2 is 2.19 bits per heavy atom. The van der Waals surface area contributed by atoms with Crippen LogP contribution in [0.2, 0.25) is 0 Å². The fraction of sp³-hybridized carbons (Fsp3) is 0.500. The first-order valence-corrected chi connectivity index (χ1v) is 9.03. The lowest BCUT2D eigenvalue weighted by molar-refractivity contribution is -0.0615. The molecule has 146 valence electrons. The second kappa shape index (κ2) is 8.00. The van der Waals surface area contributed by atoms with Gasteiger partial charge in [0.05, 0.1) is 12.7 Å². The Kier molecular flexibility index (Phi) is 5.70. The maximum Gasteiger partial charge on any atom is 0.273 e. The molecule has 2 heterocycles. The van der Waals surface area contributed by atoms with Gasteiger partial charge in [-0.1, -0.05) is 6.07 Å². The molecule has 1 atom stereocenters. The average molecular weight is 374 g/mol. The molecule has 1 saturated heterocycles. The van der Waals surface area contributed by atoms with E-state index >= 15 is 0 Å². The Labute approximate surface area is 159 Å². The number of oxazole rings is 1. The minimum absolute atomic E-state index is 0.0643. The molecule has 1 aromatic heterocycles. The number of carbonyl (C=O) groups is 1. The maximum atomic E-state index is 12.4. The summed E-state index contributed by atoms with van der Waals surface area (Å²) in [7, 11) is 1.59. The van der Waals surface area contributed by atoms with Gasteiger partial charge in [0.25, 0.3) is 5.91 Å². The molecule has 1 N–H and O–H groups in total. The van der Waals surface area contributed by atoms with E-state index in [0.717, 1.165) is 18.4 Å². The van der Waals surface area contributed by atoms with Crippen molar-refractivity contribution in [2.45, 2.75) is 51.9 Å². The number of nitrogens with zero attached hydrogens (tertiary/aromatic N) is 1. The van der Waals surface area contributed by atoms with Crippen LogP contribution in [0, 0.1) is 6.92 Å². The Morgan fingerprint density at radius 3 is 2.93 bits per heavy atom. The normalized spacial score (nSPS) is 18.7. The van der Waals surface area contributed by atoms with E-state index in [9.17, 15) is 4.79 Å². The van der Waals surface area contributed by atoms with Crippen molar-refractivity contribution < 1.29 is 23.4 Å². The molecular formula is C20H26N2O5. The molecule has 1 aliphatic rings. The molecule has 7 nitrogen and oxygen atoms in total. The summed E-state index contributed by atoms with van der Waals surface area (Å²) < 4.78 is 22.1. The second-order valence-electron chi connectivity index (χ2n) is 7.34. The first-order valence-electron chi connectivity index (χ1n) is 9.03. The summed E-state index contributed by atoms with van der Waals surface area (Å²) in [6.07, 6.45) is 2.90. The zero-order valence-electron chi connectivity index (χ0n) is 16.2. The number of amides is 1. The van der Waals surface area contributed by atoms with Crippen LogP contribution < -0.4 is 14.8 Å². The molecule has 1 fully saturated rings. The van der Waals surface area contributed by atoms with E-state index in [-0.39, 0.29) is 29.9 Å². The first-order chi connectivity index (χ1) is 12.9. The van der Waals surface area contributed by atoms with Gasteiger partial charge in [-0.25, -0.2) is 4.98 Å². The first kappa shape index (κ1) is 19.2. The summed E-state index contributed by atoms with van der Waals surface area (Å²) in [5, 5.41) is 3.00. The highest BCUT2D eigenvalue weighted by atomic mass is 16.5. The predicted molar refractivity (Wildman–Crippen MR) is 99.1 cm³/mol. The van der Waals surface area contributed by atoms with Crippen LogP contribution in [-0.4, -0.2) is 36.3 Å². The Hall–Kier alpha value is -2.54. The molecule has 0 unspecified atom stereocenters. The van der Waals surface area contributed by atoms with Gasteiger partial charge in [-0.3, -0.25) is 4.79 Å². The van der Waals surface area contributed by atoms with E-state index in [4.69, 9.17) is 18.6 Å². The molecule has 1 aromatic carbocycles. The lowest BCUT2D eigenvalue weighted by Gasteiger charge is -2.35. The summed E-state index contributed by atoms with van der Waals surface area (Å²) in [6.45, 7) is 6.77. The zero-order chi connectivity index (χ0) is 19.4. The largest absolute Gasteiger partial charge is 0.493 e. The number of ether oxygens (including phenoxy) is 3. The number of hydrogen-bond donors (Lipinski definition) is 1. The third-order valence-electron chi connectivity index (χ3n) is 4.49. The van der Waals surface area contributed by atoms with Crippen molar-refractivity contribution in [3.8, 4) is 11.5 Å². The van der Waals surface area contributed by atoms with Gasteiger partial charge in [0.1, 0.15) is 6.26 Å². The highest BCUT2D eigenvalue weighted by molar-refractivity contribution is 5.92. The van der Waals surface area contributed by atoms with E-state index in [1.165, 1.54) is 6.26 Å². The Morgan fingerprint density at radius 1 is 1.37 bits per heavy atom. The van der Waals surface area contributed by atoms with Gasteiger partial charge in [-0.15, -0.1) is 0 Å². The van der Waals surface area contributed by atoms with Crippen LogP contribution in [0.15, 0.2) is 28.9 Å². The summed E-state index contributed by atoms with van der Waals surface area (Å²) in [5.41, 5.74) is 1.09. The second-order valence-corrected chi connectivity index (χ2v) is 7.34. The van der Waals surface area contributed by atoms with Crippen LogP contribution in [0.5, 0.6) is 11.5 Å². The quantitative estimate of drug-likeness (QED) is 0.836. The highest BCUT2D eigenvalue weighted by Crippen LogP contribution is 2.28. The maximum absolute atomic E-state index is 12.4. The standard InChI is InChI=1S/C20H26N2O5/c1-13-5-6-16(17(9-13)24-4)25-12-18-22-15(11-26-18)19(23)21-14-7-8-27-20(2,3)10-14/h5-6,9,11,14H,7-8,10,12H2,1-4H3,(H,21,23)/t14-/m0/s1. The summed E-state index contributed by atoms with van der Waals surface area (Å²) in [5.74, 6) is 1.31. The number of rotatable bonds is 6. The van der Waals surface area contributed by atoms with Gasteiger partial charge in [-0.05, 0) is 51.3 Å². The molecular weight excluding hydrogens is 348 g/mol. The van der Waals surface area contributed by atoms with E-state index in [1.807, 2.05) is 39.0 Å². The van der Waals surface area contributed by atoms with Gasteiger partial charge >= 0.3 is 0 Å². The number of aryl methyl sites for hydroxylation is 1. The van der Waals surface area contributed by atoms with Crippen LogP contribution in [0.25, 0.3) is 0 Å². The van der Waals surface area contributed by atoms with E-state index in [0.29, 0.717) is 24.0 Å². The number of methoxy groups -OCH3 is 1. The predicted octanol–water partition coefficient (Wildman–Crippen LogP) is 3.26. The number of carbonyl (C=O) groups excluding carboxylic acids is 1. The molecule has 0 bridgehead atoms. The van der Waals surface area contributed by atoms with Crippen molar-refractivity contribution >= 4 is 5.91 Å². The summed E-state index contributed by atoms with van der Waals surface area (Å²) in [4.78, 5) is 16.6. The molecule has 27 heavy (non-hydrogen) atoms. The minimum atomic E-state index is -0.249. The van der Waals surface area contributed by atoms with Crippen molar-refractivity contribution in [1.82, 2.24) is 10.3 Å². The molecule has 7 heteroatoms. The van der Waals surface area contributed by atoms with E-state index in [2.05, 4.69) is 10.3 Å². The summed E-state index contributed by atoms with van der Waals surface area (Å²) in [6, 6.07) is 5.72. The molecule has 0 saturated carbocycles. The highest BCUT2D eigenvalue weighted by Gasteiger charge is 2.30. The van der Waals surface area contributed by atoms with E-state index < -0.39 is 0 Å². The van der Waals surface area contributed by atoms with Crippen molar-refractivity contribution in [3.63, 3.8) is 0 Å². The number of nitrogens with one attached hydrogen (secondary N) is 1. The van der Waals surface area contributed by atoms with Gasteiger partial charge in [0.2, 0.25) is 5.89 Å². The van der Waals surface area contributed by atoms with Crippen LogP contribution in [0.1, 0.15) is 48.6 Å². The lowest BCUT2D eigenvalue weighted by atomic mass is 9.94. The van der Waals surface area contributed by atoms with Gasteiger partial charge in [0, 0.05) is 12.6 Å². The Bertz CT molecular complexity index is 799. The third-order valence-corrected chi connectivity index (χ3v) is 4.49. The van der Waals surface area contributed by atoms with Gasteiger partial charge in [-0.2, -0.15) is 0 Å². The fourth-order valence-corrected chi connectivity index (χ4v) is 3.13. The van der Waals surface area contributed by atoms with Crippen molar-refractivity contribution in [2.24, 2.45) is 0 Å². The molecule has 0 aliphatic carbocycles. The van der Waals surface area contributed by atoms with Crippen LogP contribution in [-0.2, 0) is 11.3 Å². The summed E-state index contributed by atoms with van der Waals surface area (Å²) >= 11 is 0. The smallest absolute Gasteiger partial charge is 0.273 e. The molecule has 1 aliphatic heterocycles. The lowest BCUT2D eigenvalue weighted by Crippen LogP contribution is -2.45. The SMILES string of the molecule is COc1cc(C)ccc1OCc1nc(C(=O)N[C@H]2CCOC(C)(C)C2)co1. The zero-order valence-corrected chi connectivity index (χ0v) is 16.2. The molecule has 0 radical (unpaired) electrons.